The molecule has 0 radical (unpaired) electrons. The lowest BCUT2D eigenvalue weighted by molar-refractivity contribution is -0.136. The number of anilines is 1. The molecule has 0 unspecified atom stereocenters. The number of carboxylic acid groups (broad SMARTS) is 1. The first kappa shape index (κ1) is 10.3. The molecule has 1 aromatic carbocycles. The Balaban J connectivity index is 3.10. The number of rotatable bonds is 2. The van der Waals surface area contributed by atoms with E-state index in [-0.39, 0.29) is 6.42 Å². The van der Waals surface area contributed by atoms with Crippen LogP contribution in [-0.4, -0.2) is 11.1 Å². The Bertz CT molecular complexity index is 354. The monoisotopic (exact) mass is 263 g/mol. The smallest absolute Gasteiger partial charge is 0.307 e. The molecule has 0 heterocycles. The van der Waals surface area contributed by atoms with Gasteiger partial charge >= 0.3 is 5.97 Å². The molecule has 13 heavy (non-hydrogen) atoms. The summed E-state index contributed by atoms with van der Waals surface area (Å²) in [5.74, 6) is -0.901. The standard InChI is InChI=1S/C8H7BrClNO2/c9-7-4(3-6(12)13)1-2-5(10)8(7)11/h1-2H,3,11H2,(H,12,13). The van der Waals surface area contributed by atoms with Crippen LogP contribution >= 0.6 is 27.5 Å². The average molecular weight is 265 g/mol. The van der Waals surface area contributed by atoms with Gasteiger partial charge < -0.3 is 10.8 Å². The molecule has 0 aliphatic carbocycles. The van der Waals surface area contributed by atoms with Gasteiger partial charge in [-0.15, -0.1) is 0 Å². The molecule has 0 amide bonds. The maximum atomic E-state index is 10.4. The van der Waals surface area contributed by atoms with Gasteiger partial charge in [-0.1, -0.05) is 17.7 Å². The summed E-state index contributed by atoms with van der Waals surface area (Å²) in [6.07, 6.45) is -0.0675. The third kappa shape index (κ3) is 2.35. The molecular formula is C8H7BrClNO2. The molecule has 5 heteroatoms. The summed E-state index contributed by atoms with van der Waals surface area (Å²) in [4.78, 5) is 10.4. The van der Waals surface area contributed by atoms with Gasteiger partial charge in [0.1, 0.15) is 0 Å². The second-order valence-corrected chi connectivity index (χ2v) is 3.70. The Labute approximate surface area is 88.6 Å². The van der Waals surface area contributed by atoms with Gasteiger partial charge in [-0.25, -0.2) is 0 Å². The lowest BCUT2D eigenvalue weighted by Crippen LogP contribution is -2.02. The van der Waals surface area contributed by atoms with E-state index < -0.39 is 5.97 Å². The third-order valence-corrected chi connectivity index (χ3v) is 2.81. The van der Waals surface area contributed by atoms with Gasteiger partial charge in [0.15, 0.2) is 0 Å². The molecular weight excluding hydrogens is 257 g/mol. The molecule has 1 aromatic rings. The average Bonchev–Trinajstić information content (AvgIpc) is 2.06. The Morgan fingerprint density at radius 2 is 2.23 bits per heavy atom. The number of nitrogens with two attached hydrogens (primary N) is 1. The highest BCUT2D eigenvalue weighted by molar-refractivity contribution is 9.10. The highest BCUT2D eigenvalue weighted by Crippen LogP contribution is 2.30. The van der Waals surface area contributed by atoms with Crippen molar-refractivity contribution in [1.82, 2.24) is 0 Å². The quantitative estimate of drug-likeness (QED) is 0.806. The Morgan fingerprint density at radius 3 is 2.77 bits per heavy atom. The first-order valence-corrected chi connectivity index (χ1v) is 4.63. The van der Waals surface area contributed by atoms with Crippen molar-refractivity contribution in [3.05, 3.63) is 27.2 Å². The summed E-state index contributed by atoms with van der Waals surface area (Å²) in [6, 6.07) is 3.22. The van der Waals surface area contributed by atoms with Crippen LogP contribution in [-0.2, 0) is 11.2 Å². The van der Waals surface area contributed by atoms with Crippen LogP contribution in [0.5, 0.6) is 0 Å². The van der Waals surface area contributed by atoms with E-state index in [0.29, 0.717) is 20.7 Å². The van der Waals surface area contributed by atoms with Crippen molar-refractivity contribution in [3.8, 4) is 0 Å². The van der Waals surface area contributed by atoms with Gasteiger partial charge in [0.05, 0.1) is 17.1 Å². The number of carbonyl (C=O) groups is 1. The van der Waals surface area contributed by atoms with Gasteiger partial charge in [-0.3, -0.25) is 4.79 Å². The van der Waals surface area contributed by atoms with Gasteiger partial charge in [0.2, 0.25) is 0 Å². The van der Waals surface area contributed by atoms with Crippen LogP contribution in [0.2, 0.25) is 5.02 Å². The van der Waals surface area contributed by atoms with E-state index in [2.05, 4.69) is 15.9 Å². The van der Waals surface area contributed by atoms with Crippen molar-refractivity contribution in [2.45, 2.75) is 6.42 Å². The lowest BCUT2D eigenvalue weighted by Gasteiger charge is -2.05. The van der Waals surface area contributed by atoms with Crippen molar-refractivity contribution in [1.29, 1.82) is 0 Å². The minimum Gasteiger partial charge on any atom is -0.481 e. The maximum Gasteiger partial charge on any atom is 0.307 e. The summed E-state index contributed by atoms with van der Waals surface area (Å²) < 4.78 is 0.558. The van der Waals surface area contributed by atoms with Crippen molar-refractivity contribution in [2.24, 2.45) is 0 Å². The number of halogens is 2. The summed E-state index contributed by atoms with van der Waals surface area (Å²) >= 11 is 8.91. The van der Waals surface area contributed by atoms with Crippen molar-refractivity contribution < 1.29 is 9.90 Å². The number of benzene rings is 1. The minimum absolute atomic E-state index is 0.0675. The summed E-state index contributed by atoms with van der Waals surface area (Å²) in [7, 11) is 0. The molecule has 3 N–H and O–H groups in total. The molecule has 0 aromatic heterocycles. The molecule has 0 atom stereocenters. The second-order valence-electron chi connectivity index (χ2n) is 2.50. The number of hydrogen-bond acceptors (Lipinski definition) is 2. The zero-order valence-corrected chi connectivity index (χ0v) is 8.89. The maximum absolute atomic E-state index is 10.4. The highest BCUT2D eigenvalue weighted by atomic mass is 79.9. The Hall–Kier alpha value is -0.740. The Morgan fingerprint density at radius 1 is 1.62 bits per heavy atom. The predicted molar refractivity (Wildman–Crippen MR) is 54.9 cm³/mol. The normalized spacial score (nSPS) is 10.0. The van der Waals surface area contributed by atoms with Crippen LogP contribution in [0.1, 0.15) is 5.56 Å². The van der Waals surface area contributed by atoms with E-state index >= 15 is 0 Å². The van der Waals surface area contributed by atoms with Gasteiger partial charge in [0.25, 0.3) is 0 Å². The van der Waals surface area contributed by atoms with E-state index in [9.17, 15) is 4.79 Å². The van der Waals surface area contributed by atoms with E-state index in [4.69, 9.17) is 22.4 Å². The molecule has 3 nitrogen and oxygen atoms in total. The molecule has 70 valence electrons. The first-order chi connectivity index (χ1) is 6.02. The number of carboxylic acids is 1. The molecule has 0 bridgehead atoms. The van der Waals surface area contributed by atoms with E-state index in [0.717, 1.165) is 0 Å². The largest absolute Gasteiger partial charge is 0.481 e. The zero-order valence-electron chi connectivity index (χ0n) is 6.55. The number of hydrogen-bond donors (Lipinski definition) is 2. The number of aliphatic carboxylic acids is 1. The zero-order chi connectivity index (χ0) is 10.0. The fourth-order valence-electron chi connectivity index (χ4n) is 0.914. The van der Waals surface area contributed by atoms with E-state index in [1.165, 1.54) is 0 Å². The molecule has 0 saturated heterocycles. The van der Waals surface area contributed by atoms with E-state index in [1.54, 1.807) is 12.1 Å². The highest BCUT2D eigenvalue weighted by Gasteiger charge is 2.09. The second kappa shape index (κ2) is 3.98. The van der Waals surface area contributed by atoms with E-state index in [1.807, 2.05) is 0 Å². The molecule has 0 saturated carbocycles. The molecule has 0 spiro atoms. The fourth-order valence-corrected chi connectivity index (χ4v) is 1.67. The summed E-state index contributed by atoms with van der Waals surface area (Å²) in [6.45, 7) is 0. The third-order valence-electron chi connectivity index (χ3n) is 1.55. The minimum atomic E-state index is -0.901. The SMILES string of the molecule is Nc1c(Cl)ccc(CC(=O)O)c1Br. The first-order valence-electron chi connectivity index (χ1n) is 3.46. The van der Waals surface area contributed by atoms with Crippen molar-refractivity contribution >= 4 is 39.2 Å². The topological polar surface area (TPSA) is 63.3 Å². The van der Waals surface area contributed by atoms with Crippen LogP contribution in [0.4, 0.5) is 5.69 Å². The summed E-state index contributed by atoms with van der Waals surface area (Å²) in [5.41, 5.74) is 6.58. The van der Waals surface area contributed by atoms with Crippen LogP contribution in [0.25, 0.3) is 0 Å². The van der Waals surface area contributed by atoms with Gasteiger partial charge in [-0.05, 0) is 27.6 Å². The van der Waals surface area contributed by atoms with Gasteiger partial charge in [0, 0.05) is 4.47 Å². The lowest BCUT2D eigenvalue weighted by atomic mass is 10.1. The van der Waals surface area contributed by atoms with Crippen molar-refractivity contribution in [3.63, 3.8) is 0 Å². The molecule has 1 rings (SSSR count). The number of nitrogen functional groups attached to an aromatic ring is 1. The molecule has 0 fully saturated rings. The van der Waals surface area contributed by atoms with Crippen LogP contribution < -0.4 is 5.73 Å². The molecule has 0 aliphatic rings. The van der Waals surface area contributed by atoms with Crippen LogP contribution in [0.3, 0.4) is 0 Å². The van der Waals surface area contributed by atoms with Crippen molar-refractivity contribution in [2.75, 3.05) is 5.73 Å². The van der Waals surface area contributed by atoms with Gasteiger partial charge in [-0.2, -0.15) is 0 Å². The summed E-state index contributed by atoms with van der Waals surface area (Å²) in [5, 5.41) is 8.97. The van der Waals surface area contributed by atoms with Crippen LogP contribution in [0.15, 0.2) is 16.6 Å². The predicted octanol–water partition coefficient (Wildman–Crippen LogP) is 2.31. The Kier molecular flexibility index (Phi) is 3.17. The van der Waals surface area contributed by atoms with Crippen LogP contribution in [0, 0.1) is 0 Å². The molecule has 0 aliphatic heterocycles. The fraction of sp³-hybridized carbons (Fsp3) is 0.125.